The van der Waals surface area contributed by atoms with Crippen molar-refractivity contribution in [1.29, 1.82) is 0 Å². The van der Waals surface area contributed by atoms with Gasteiger partial charge < -0.3 is 5.11 Å². The largest absolute Gasteiger partial charge is 0.387 e. The molecule has 1 unspecified atom stereocenters. The zero-order chi connectivity index (χ0) is 12.1. The molecular weight excluding hydrogens is 230 g/mol. The number of aryl methyl sites for hydroxylation is 1. The maximum absolute atomic E-state index is 13.5. The second kappa shape index (κ2) is 6.21. The predicted molar refractivity (Wildman–Crippen MR) is 63.7 cm³/mol. The SMILES string of the molecule is CCCSCC(O)c1ccc(C)c(F)c1F. The third-order valence-electron chi connectivity index (χ3n) is 2.29. The summed E-state index contributed by atoms with van der Waals surface area (Å²) >= 11 is 1.54. The number of benzene rings is 1. The lowest BCUT2D eigenvalue weighted by Gasteiger charge is -2.12. The van der Waals surface area contributed by atoms with Crippen molar-refractivity contribution in [3.8, 4) is 0 Å². The van der Waals surface area contributed by atoms with Crippen molar-refractivity contribution in [3.05, 3.63) is 34.9 Å². The fourth-order valence-electron chi connectivity index (χ4n) is 1.35. The van der Waals surface area contributed by atoms with E-state index in [-0.39, 0.29) is 11.1 Å². The molecule has 0 aliphatic rings. The van der Waals surface area contributed by atoms with E-state index in [9.17, 15) is 13.9 Å². The Morgan fingerprint density at radius 2 is 2.00 bits per heavy atom. The quantitative estimate of drug-likeness (QED) is 0.803. The summed E-state index contributed by atoms with van der Waals surface area (Å²) in [5.41, 5.74) is 0.307. The maximum atomic E-state index is 13.5. The van der Waals surface area contributed by atoms with Crippen LogP contribution in [-0.2, 0) is 0 Å². The van der Waals surface area contributed by atoms with E-state index in [0.717, 1.165) is 12.2 Å². The molecule has 0 fully saturated rings. The molecule has 0 aliphatic heterocycles. The second-order valence-corrected chi connectivity index (χ2v) is 4.84. The van der Waals surface area contributed by atoms with Crippen LogP contribution in [0.1, 0.15) is 30.6 Å². The Balaban J connectivity index is 2.76. The Bertz CT molecular complexity index is 355. The number of aliphatic hydroxyl groups excluding tert-OH is 1. The maximum Gasteiger partial charge on any atom is 0.164 e. The molecule has 0 radical (unpaired) electrons. The zero-order valence-corrected chi connectivity index (χ0v) is 10.3. The molecule has 1 rings (SSSR count). The van der Waals surface area contributed by atoms with Crippen molar-refractivity contribution in [1.82, 2.24) is 0 Å². The molecule has 0 saturated carbocycles. The highest BCUT2D eigenvalue weighted by Crippen LogP contribution is 2.24. The second-order valence-electron chi connectivity index (χ2n) is 3.69. The van der Waals surface area contributed by atoms with Crippen molar-refractivity contribution in [2.45, 2.75) is 26.4 Å². The van der Waals surface area contributed by atoms with Crippen LogP contribution in [0.25, 0.3) is 0 Å². The van der Waals surface area contributed by atoms with Crippen molar-refractivity contribution < 1.29 is 13.9 Å². The van der Waals surface area contributed by atoms with E-state index in [1.807, 2.05) is 6.92 Å². The van der Waals surface area contributed by atoms with Crippen molar-refractivity contribution in [2.75, 3.05) is 11.5 Å². The van der Waals surface area contributed by atoms with E-state index in [4.69, 9.17) is 0 Å². The van der Waals surface area contributed by atoms with Gasteiger partial charge in [0.1, 0.15) is 0 Å². The first kappa shape index (κ1) is 13.5. The zero-order valence-electron chi connectivity index (χ0n) is 9.46. The molecule has 0 amide bonds. The monoisotopic (exact) mass is 246 g/mol. The van der Waals surface area contributed by atoms with E-state index < -0.39 is 17.7 Å². The van der Waals surface area contributed by atoms with Crippen LogP contribution >= 0.6 is 11.8 Å². The van der Waals surface area contributed by atoms with Gasteiger partial charge >= 0.3 is 0 Å². The molecule has 1 aromatic carbocycles. The third-order valence-corrected chi connectivity index (χ3v) is 3.54. The van der Waals surface area contributed by atoms with Gasteiger partial charge in [0.05, 0.1) is 6.10 Å². The normalized spacial score (nSPS) is 12.8. The molecule has 0 aromatic heterocycles. The number of rotatable bonds is 5. The summed E-state index contributed by atoms with van der Waals surface area (Å²) in [5.74, 6) is -0.484. The predicted octanol–water partition coefficient (Wildman–Crippen LogP) is 3.45. The Labute approximate surface area is 98.9 Å². The first-order valence-corrected chi connectivity index (χ1v) is 6.43. The summed E-state index contributed by atoms with van der Waals surface area (Å²) in [6, 6.07) is 2.94. The van der Waals surface area contributed by atoms with E-state index in [0.29, 0.717) is 5.75 Å². The smallest absolute Gasteiger partial charge is 0.164 e. The lowest BCUT2D eigenvalue weighted by Crippen LogP contribution is -2.06. The van der Waals surface area contributed by atoms with Crippen LogP contribution in [0, 0.1) is 18.6 Å². The van der Waals surface area contributed by atoms with Gasteiger partial charge in [0.2, 0.25) is 0 Å². The summed E-state index contributed by atoms with van der Waals surface area (Å²) in [6.45, 7) is 3.53. The van der Waals surface area contributed by atoms with Crippen LogP contribution in [-0.4, -0.2) is 16.6 Å². The molecule has 4 heteroatoms. The number of hydrogen-bond donors (Lipinski definition) is 1. The van der Waals surface area contributed by atoms with Crippen molar-refractivity contribution in [3.63, 3.8) is 0 Å². The van der Waals surface area contributed by atoms with Gasteiger partial charge in [0, 0.05) is 11.3 Å². The molecule has 1 atom stereocenters. The molecule has 0 spiro atoms. The summed E-state index contributed by atoms with van der Waals surface area (Å²) in [5, 5.41) is 9.72. The summed E-state index contributed by atoms with van der Waals surface area (Å²) in [6.07, 6.45) is 0.0638. The lowest BCUT2D eigenvalue weighted by atomic mass is 10.1. The molecule has 0 saturated heterocycles. The Morgan fingerprint density at radius 3 is 2.62 bits per heavy atom. The minimum Gasteiger partial charge on any atom is -0.387 e. The fraction of sp³-hybridized carbons (Fsp3) is 0.500. The third kappa shape index (κ3) is 3.19. The molecule has 90 valence electrons. The van der Waals surface area contributed by atoms with Gasteiger partial charge in [-0.3, -0.25) is 0 Å². The molecule has 0 heterocycles. The minimum atomic E-state index is -0.938. The first-order chi connectivity index (χ1) is 7.57. The molecule has 1 nitrogen and oxygen atoms in total. The highest BCUT2D eigenvalue weighted by Gasteiger charge is 2.17. The summed E-state index contributed by atoms with van der Waals surface area (Å²) in [4.78, 5) is 0. The average molecular weight is 246 g/mol. The topological polar surface area (TPSA) is 20.2 Å². The van der Waals surface area contributed by atoms with Crippen LogP contribution in [0.2, 0.25) is 0 Å². The molecule has 0 aliphatic carbocycles. The average Bonchev–Trinajstić information content (AvgIpc) is 2.26. The van der Waals surface area contributed by atoms with Crippen LogP contribution < -0.4 is 0 Å². The fourth-order valence-corrected chi connectivity index (χ4v) is 2.21. The number of thioether (sulfide) groups is 1. The van der Waals surface area contributed by atoms with Crippen molar-refractivity contribution >= 4 is 11.8 Å². The number of aliphatic hydroxyl groups is 1. The number of hydrogen-bond acceptors (Lipinski definition) is 2. The van der Waals surface area contributed by atoms with Gasteiger partial charge in [0.15, 0.2) is 11.6 Å². The molecule has 1 aromatic rings. The minimum absolute atomic E-state index is 0.0479. The van der Waals surface area contributed by atoms with E-state index >= 15 is 0 Å². The van der Waals surface area contributed by atoms with Gasteiger partial charge in [-0.2, -0.15) is 11.8 Å². The Hall–Kier alpha value is -0.610. The van der Waals surface area contributed by atoms with E-state index in [1.165, 1.54) is 30.8 Å². The highest BCUT2D eigenvalue weighted by atomic mass is 32.2. The summed E-state index contributed by atoms with van der Waals surface area (Å²) < 4.78 is 26.7. The van der Waals surface area contributed by atoms with Crippen LogP contribution in [0.5, 0.6) is 0 Å². The molecule has 0 bridgehead atoms. The number of halogens is 2. The van der Waals surface area contributed by atoms with E-state index in [1.54, 1.807) is 0 Å². The first-order valence-electron chi connectivity index (χ1n) is 5.28. The van der Waals surface area contributed by atoms with Crippen LogP contribution in [0.3, 0.4) is 0 Å². The van der Waals surface area contributed by atoms with Gasteiger partial charge in [-0.1, -0.05) is 19.1 Å². The molecular formula is C12H16F2OS. The van der Waals surface area contributed by atoms with Gasteiger partial charge in [0.25, 0.3) is 0 Å². The van der Waals surface area contributed by atoms with Gasteiger partial charge in [-0.25, -0.2) is 8.78 Å². The van der Waals surface area contributed by atoms with Gasteiger partial charge in [-0.15, -0.1) is 0 Å². The lowest BCUT2D eigenvalue weighted by molar-refractivity contribution is 0.197. The standard InChI is InChI=1S/C12H16F2OS/c1-3-6-16-7-10(15)9-5-4-8(2)11(13)12(9)14/h4-5,10,15H,3,6-7H2,1-2H3. The van der Waals surface area contributed by atoms with Crippen molar-refractivity contribution in [2.24, 2.45) is 0 Å². The van der Waals surface area contributed by atoms with E-state index in [2.05, 4.69) is 0 Å². The molecule has 16 heavy (non-hydrogen) atoms. The highest BCUT2D eigenvalue weighted by molar-refractivity contribution is 7.99. The summed E-state index contributed by atoms with van der Waals surface area (Å²) in [7, 11) is 0. The van der Waals surface area contributed by atoms with Gasteiger partial charge in [-0.05, 0) is 24.7 Å². The van der Waals surface area contributed by atoms with Crippen LogP contribution in [0.15, 0.2) is 12.1 Å². The Morgan fingerprint density at radius 1 is 1.31 bits per heavy atom. The Kier molecular flexibility index (Phi) is 5.22. The molecule has 1 N–H and O–H groups in total. The van der Waals surface area contributed by atoms with Crippen LogP contribution in [0.4, 0.5) is 8.78 Å².